The van der Waals surface area contributed by atoms with Crippen LogP contribution in [0.1, 0.15) is 4.88 Å². The predicted octanol–water partition coefficient (Wildman–Crippen LogP) is 2.62. The SMILES string of the molecule is O=[N+]([O-])c1cc(S(=O)(=O)N/N=C/c2cccs2)ccc1Cl. The lowest BCUT2D eigenvalue weighted by atomic mass is 10.3. The number of hydrogen-bond donors (Lipinski definition) is 1. The van der Waals surface area contributed by atoms with E-state index in [2.05, 4.69) is 5.10 Å². The van der Waals surface area contributed by atoms with Gasteiger partial charge in [0.1, 0.15) is 5.02 Å². The van der Waals surface area contributed by atoms with Crippen LogP contribution in [0.15, 0.2) is 45.7 Å². The van der Waals surface area contributed by atoms with Gasteiger partial charge >= 0.3 is 0 Å². The smallest absolute Gasteiger partial charge is 0.258 e. The molecule has 0 saturated carbocycles. The van der Waals surface area contributed by atoms with E-state index in [1.165, 1.54) is 23.6 Å². The molecule has 1 N–H and O–H groups in total. The summed E-state index contributed by atoms with van der Waals surface area (Å²) in [5.74, 6) is 0. The normalized spacial score (nSPS) is 11.7. The average molecular weight is 346 g/mol. The molecule has 1 aromatic heterocycles. The van der Waals surface area contributed by atoms with E-state index in [9.17, 15) is 18.5 Å². The van der Waals surface area contributed by atoms with E-state index >= 15 is 0 Å². The monoisotopic (exact) mass is 345 g/mol. The fourth-order valence-corrected chi connectivity index (χ4v) is 2.96. The van der Waals surface area contributed by atoms with E-state index in [0.717, 1.165) is 17.0 Å². The number of nitro benzene ring substituents is 1. The lowest BCUT2D eigenvalue weighted by Gasteiger charge is -2.03. The maximum atomic E-state index is 12.0. The van der Waals surface area contributed by atoms with Crippen LogP contribution in [0.25, 0.3) is 0 Å². The summed E-state index contributed by atoms with van der Waals surface area (Å²) >= 11 is 7.01. The van der Waals surface area contributed by atoms with Crippen LogP contribution in [0.4, 0.5) is 5.69 Å². The molecule has 0 aliphatic rings. The first kappa shape index (κ1) is 15.4. The third kappa shape index (κ3) is 3.78. The largest absolute Gasteiger partial charge is 0.289 e. The Morgan fingerprint density at radius 3 is 2.76 bits per heavy atom. The molecule has 0 spiro atoms. The Labute approximate surface area is 129 Å². The molecule has 0 saturated heterocycles. The molecule has 0 atom stereocenters. The first-order valence-electron chi connectivity index (χ1n) is 5.42. The minimum atomic E-state index is -3.99. The molecule has 0 aliphatic carbocycles. The van der Waals surface area contributed by atoms with E-state index in [4.69, 9.17) is 11.6 Å². The Kier molecular flexibility index (Phi) is 4.56. The van der Waals surface area contributed by atoms with Gasteiger partial charge in [0.15, 0.2) is 0 Å². The lowest BCUT2D eigenvalue weighted by Crippen LogP contribution is -2.18. The maximum absolute atomic E-state index is 12.0. The summed E-state index contributed by atoms with van der Waals surface area (Å²) in [6.45, 7) is 0. The fraction of sp³-hybridized carbons (Fsp3) is 0. The van der Waals surface area contributed by atoms with Crippen molar-refractivity contribution in [1.29, 1.82) is 0 Å². The van der Waals surface area contributed by atoms with Gasteiger partial charge in [0.25, 0.3) is 15.7 Å². The summed E-state index contributed by atoms with van der Waals surface area (Å²) in [7, 11) is -3.99. The van der Waals surface area contributed by atoms with E-state index in [-0.39, 0.29) is 9.92 Å². The number of sulfonamides is 1. The molecule has 10 heteroatoms. The Morgan fingerprint density at radius 2 is 2.14 bits per heavy atom. The lowest BCUT2D eigenvalue weighted by molar-refractivity contribution is -0.384. The van der Waals surface area contributed by atoms with Gasteiger partial charge in [0, 0.05) is 10.9 Å². The topological polar surface area (TPSA) is 102 Å². The van der Waals surface area contributed by atoms with Crippen LogP contribution in [0, 0.1) is 10.1 Å². The van der Waals surface area contributed by atoms with Crippen molar-refractivity contribution < 1.29 is 13.3 Å². The van der Waals surface area contributed by atoms with Gasteiger partial charge in [-0.05, 0) is 23.6 Å². The van der Waals surface area contributed by atoms with Crippen LogP contribution in [-0.2, 0) is 10.0 Å². The molecule has 0 radical (unpaired) electrons. The van der Waals surface area contributed by atoms with Crippen LogP contribution in [-0.4, -0.2) is 19.6 Å². The average Bonchev–Trinajstić information content (AvgIpc) is 2.91. The van der Waals surface area contributed by atoms with E-state index < -0.39 is 20.6 Å². The van der Waals surface area contributed by atoms with Gasteiger partial charge in [-0.3, -0.25) is 10.1 Å². The van der Waals surface area contributed by atoms with E-state index in [0.29, 0.717) is 0 Å². The fourth-order valence-electron chi connectivity index (χ4n) is 1.38. The van der Waals surface area contributed by atoms with Gasteiger partial charge in [-0.1, -0.05) is 17.7 Å². The van der Waals surface area contributed by atoms with Crippen molar-refractivity contribution in [3.63, 3.8) is 0 Å². The van der Waals surface area contributed by atoms with Gasteiger partial charge in [0.2, 0.25) is 0 Å². The molecule has 0 aliphatic heterocycles. The highest BCUT2D eigenvalue weighted by Crippen LogP contribution is 2.26. The second-order valence-corrected chi connectivity index (χ2v) is 6.79. The molecule has 2 rings (SSSR count). The number of nitrogens with one attached hydrogen (secondary N) is 1. The standard InChI is InChI=1S/C11H8ClN3O4S2/c12-10-4-3-9(6-11(10)15(16)17)21(18,19)14-13-7-8-2-1-5-20-8/h1-7,14H/b13-7+. The number of benzene rings is 1. The van der Waals surface area contributed by atoms with Gasteiger partial charge in [-0.15, -0.1) is 11.3 Å². The second-order valence-electron chi connectivity index (χ2n) is 3.74. The number of hydrazone groups is 1. The quantitative estimate of drug-likeness (QED) is 0.511. The molecule has 2 aromatic rings. The van der Waals surface area contributed by atoms with Crippen molar-refractivity contribution in [1.82, 2.24) is 4.83 Å². The van der Waals surface area contributed by atoms with E-state index in [1.807, 2.05) is 10.2 Å². The van der Waals surface area contributed by atoms with Crippen LogP contribution in [0.3, 0.4) is 0 Å². The zero-order valence-electron chi connectivity index (χ0n) is 10.3. The highest BCUT2D eigenvalue weighted by atomic mass is 35.5. The van der Waals surface area contributed by atoms with Crippen LogP contribution in [0.2, 0.25) is 5.02 Å². The van der Waals surface area contributed by atoms with Crippen molar-refractivity contribution in [3.05, 3.63) is 55.7 Å². The van der Waals surface area contributed by atoms with Crippen molar-refractivity contribution >= 4 is 44.9 Å². The molecule has 0 amide bonds. The van der Waals surface area contributed by atoms with E-state index in [1.54, 1.807) is 12.1 Å². The molecule has 1 aromatic carbocycles. The Hall–Kier alpha value is -1.97. The van der Waals surface area contributed by atoms with Crippen LogP contribution < -0.4 is 4.83 Å². The summed E-state index contributed by atoms with van der Waals surface area (Å²) < 4.78 is 23.9. The third-order valence-corrected chi connectivity index (χ3v) is 4.68. The second kappa shape index (κ2) is 6.20. The van der Waals surface area contributed by atoms with Crippen molar-refractivity contribution in [2.75, 3.05) is 0 Å². The van der Waals surface area contributed by atoms with Gasteiger partial charge in [-0.2, -0.15) is 13.5 Å². The van der Waals surface area contributed by atoms with Gasteiger partial charge in [0.05, 0.1) is 16.0 Å². The molecular weight excluding hydrogens is 338 g/mol. The summed E-state index contributed by atoms with van der Waals surface area (Å²) in [5.41, 5.74) is -0.484. The summed E-state index contributed by atoms with van der Waals surface area (Å²) in [4.78, 5) is 12.4. The summed E-state index contributed by atoms with van der Waals surface area (Å²) in [5, 5.41) is 16.0. The van der Waals surface area contributed by atoms with Crippen molar-refractivity contribution in [2.24, 2.45) is 5.10 Å². The minimum Gasteiger partial charge on any atom is -0.258 e. The number of hydrogen-bond acceptors (Lipinski definition) is 6. The number of nitrogens with zero attached hydrogens (tertiary/aromatic N) is 2. The molecule has 110 valence electrons. The first-order chi connectivity index (χ1) is 9.90. The Bertz CT molecular complexity index is 788. The zero-order valence-corrected chi connectivity index (χ0v) is 12.7. The molecule has 21 heavy (non-hydrogen) atoms. The Balaban J connectivity index is 2.23. The van der Waals surface area contributed by atoms with Gasteiger partial charge < -0.3 is 0 Å². The van der Waals surface area contributed by atoms with Crippen molar-refractivity contribution in [3.8, 4) is 0 Å². The molecular formula is C11H8ClN3O4S2. The summed E-state index contributed by atoms with van der Waals surface area (Å²) in [6.07, 6.45) is 1.34. The molecule has 1 heterocycles. The third-order valence-electron chi connectivity index (χ3n) is 2.33. The maximum Gasteiger partial charge on any atom is 0.289 e. The Morgan fingerprint density at radius 1 is 1.38 bits per heavy atom. The number of halogens is 1. The highest BCUT2D eigenvalue weighted by Gasteiger charge is 2.20. The van der Waals surface area contributed by atoms with Crippen LogP contribution >= 0.6 is 22.9 Å². The molecule has 7 nitrogen and oxygen atoms in total. The van der Waals surface area contributed by atoms with Crippen molar-refractivity contribution in [2.45, 2.75) is 4.90 Å². The number of nitro groups is 1. The first-order valence-corrected chi connectivity index (χ1v) is 8.16. The highest BCUT2D eigenvalue weighted by molar-refractivity contribution is 7.89. The molecule has 0 unspecified atom stereocenters. The predicted molar refractivity (Wildman–Crippen MR) is 80.3 cm³/mol. The number of thiophene rings is 1. The van der Waals surface area contributed by atoms with Crippen LogP contribution in [0.5, 0.6) is 0 Å². The zero-order chi connectivity index (χ0) is 15.5. The van der Waals surface area contributed by atoms with Gasteiger partial charge in [-0.25, -0.2) is 4.83 Å². The molecule has 0 bridgehead atoms. The number of rotatable bonds is 5. The molecule has 0 fully saturated rings. The minimum absolute atomic E-state index is 0.138. The summed E-state index contributed by atoms with van der Waals surface area (Å²) in [6, 6.07) is 6.75.